The Morgan fingerprint density at radius 3 is 2.68 bits per heavy atom. The van der Waals surface area contributed by atoms with E-state index in [4.69, 9.17) is 11.6 Å². The van der Waals surface area contributed by atoms with Gasteiger partial charge in [-0.15, -0.1) is 11.3 Å². The summed E-state index contributed by atoms with van der Waals surface area (Å²) in [6.45, 7) is 2.53. The van der Waals surface area contributed by atoms with E-state index in [9.17, 15) is 4.79 Å². The Morgan fingerprint density at radius 1 is 1.37 bits per heavy atom. The van der Waals surface area contributed by atoms with Crippen molar-refractivity contribution in [1.82, 2.24) is 4.90 Å². The van der Waals surface area contributed by atoms with Gasteiger partial charge in [0.1, 0.15) is 0 Å². The molecule has 0 unspecified atom stereocenters. The quantitative estimate of drug-likeness (QED) is 0.775. The predicted octanol–water partition coefficient (Wildman–Crippen LogP) is 4.74. The van der Waals surface area contributed by atoms with E-state index in [1.165, 1.54) is 0 Å². The monoisotopic (exact) mass is 357 g/mol. The lowest BCUT2D eigenvalue weighted by atomic mass is 10.1. The van der Waals surface area contributed by atoms with Crippen molar-refractivity contribution in [2.45, 2.75) is 13.5 Å². The summed E-state index contributed by atoms with van der Waals surface area (Å²) in [4.78, 5) is 15.2. The first kappa shape index (κ1) is 14.6. The van der Waals surface area contributed by atoms with Crippen LogP contribution in [-0.2, 0) is 6.54 Å². The van der Waals surface area contributed by atoms with Gasteiger partial charge in [0.05, 0.1) is 6.54 Å². The molecule has 5 heteroatoms. The smallest absolute Gasteiger partial charge is 0.253 e. The van der Waals surface area contributed by atoms with Crippen LogP contribution in [0.5, 0.6) is 0 Å². The van der Waals surface area contributed by atoms with E-state index in [-0.39, 0.29) is 5.91 Å². The van der Waals surface area contributed by atoms with Crippen LogP contribution in [0.3, 0.4) is 0 Å². The van der Waals surface area contributed by atoms with Crippen molar-refractivity contribution >= 4 is 44.8 Å². The van der Waals surface area contributed by atoms with Crippen LogP contribution >= 0.6 is 38.9 Å². The lowest BCUT2D eigenvalue weighted by molar-refractivity contribution is 0.0786. The summed E-state index contributed by atoms with van der Waals surface area (Å²) in [7, 11) is 1.80. The Balaban J connectivity index is 2.14. The van der Waals surface area contributed by atoms with Crippen LogP contribution in [0, 0.1) is 6.92 Å². The maximum atomic E-state index is 12.3. The van der Waals surface area contributed by atoms with Gasteiger partial charge >= 0.3 is 0 Å². The molecule has 1 aromatic heterocycles. The van der Waals surface area contributed by atoms with Crippen molar-refractivity contribution in [3.8, 4) is 0 Å². The van der Waals surface area contributed by atoms with Crippen LogP contribution in [-0.4, -0.2) is 17.9 Å². The van der Waals surface area contributed by atoms with Crippen LogP contribution in [0.15, 0.2) is 34.1 Å². The lowest BCUT2D eigenvalue weighted by Crippen LogP contribution is -2.25. The van der Waals surface area contributed by atoms with E-state index in [0.717, 1.165) is 14.9 Å². The van der Waals surface area contributed by atoms with Crippen LogP contribution in [0.4, 0.5) is 0 Å². The molecule has 100 valence electrons. The number of benzene rings is 1. The van der Waals surface area contributed by atoms with Gasteiger partial charge in [-0.05, 0) is 52.7 Å². The van der Waals surface area contributed by atoms with Gasteiger partial charge in [-0.25, -0.2) is 0 Å². The Bertz CT molecular complexity index is 591. The van der Waals surface area contributed by atoms with E-state index in [0.29, 0.717) is 17.1 Å². The van der Waals surface area contributed by atoms with Gasteiger partial charge in [-0.3, -0.25) is 4.79 Å². The zero-order valence-electron chi connectivity index (χ0n) is 10.6. The molecule has 2 aromatic rings. The van der Waals surface area contributed by atoms with Crippen LogP contribution in [0.2, 0.25) is 5.02 Å². The highest BCUT2D eigenvalue weighted by molar-refractivity contribution is 9.10. The highest BCUT2D eigenvalue weighted by Gasteiger charge is 2.13. The van der Waals surface area contributed by atoms with Gasteiger partial charge in [0.2, 0.25) is 0 Å². The van der Waals surface area contributed by atoms with E-state index in [1.807, 2.05) is 30.5 Å². The summed E-state index contributed by atoms with van der Waals surface area (Å²) >= 11 is 11.0. The number of carbonyl (C=O) groups is 1. The van der Waals surface area contributed by atoms with Crippen molar-refractivity contribution in [2.24, 2.45) is 0 Å². The predicted molar refractivity (Wildman–Crippen MR) is 84.0 cm³/mol. The first-order chi connectivity index (χ1) is 8.95. The lowest BCUT2D eigenvalue weighted by Gasteiger charge is -2.16. The molecule has 0 radical (unpaired) electrons. The molecule has 0 aliphatic heterocycles. The highest BCUT2D eigenvalue weighted by Crippen LogP contribution is 2.22. The largest absolute Gasteiger partial charge is 0.337 e. The third-order valence-electron chi connectivity index (χ3n) is 2.65. The molecule has 0 bridgehead atoms. The minimum atomic E-state index is -0.0184. The number of aryl methyl sites for hydroxylation is 1. The molecular weight excluding hydrogens is 346 g/mol. The van der Waals surface area contributed by atoms with E-state index in [2.05, 4.69) is 15.9 Å². The fourth-order valence-electron chi connectivity index (χ4n) is 1.82. The molecule has 0 saturated carbocycles. The van der Waals surface area contributed by atoms with E-state index in [1.54, 1.807) is 29.4 Å². The summed E-state index contributed by atoms with van der Waals surface area (Å²) in [6, 6.07) is 7.43. The zero-order valence-corrected chi connectivity index (χ0v) is 13.8. The number of halogens is 2. The Kier molecular flexibility index (Phi) is 4.66. The number of thiophene rings is 1. The van der Waals surface area contributed by atoms with Gasteiger partial charge in [0.25, 0.3) is 5.91 Å². The molecule has 0 N–H and O–H groups in total. The highest BCUT2D eigenvalue weighted by atomic mass is 79.9. The number of nitrogens with zero attached hydrogens (tertiary/aromatic N) is 1. The number of amides is 1. The van der Waals surface area contributed by atoms with Gasteiger partial charge in [-0.2, -0.15) is 0 Å². The molecule has 0 spiro atoms. The average molecular weight is 359 g/mol. The first-order valence-corrected chi connectivity index (χ1v) is 7.76. The molecule has 1 amide bonds. The van der Waals surface area contributed by atoms with Crippen molar-refractivity contribution in [1.29, 1.82) is 0 Å². The molecule has 0 aliphatic carbocycles. The molecule has 2 rings (SSSR count). The standard InChI is InChI=1S/C14H13BrClNOS/c1-9-3-10(5-12(16)4-9)14(18)17(2)7-13-6-11(15)8-19-13/h3-6,8H,7H2,1-2H3. The molecule has 19 heavy (non-hydrogen) atoms. The van der Waals surface area contributed by atoms with Crippen molar-refractivity contribution < 1.29 is 4.79 Å². The third kappa shape index (κ3) is 3.81. The summed E-state index contributed by atoms with van der Waals surface area (Å²) in [5, 5.41) is 2.60. The van der Waals surface area contributed by atoms with Crippen molar-refractivity contribution in [2.75, 3.05) is 7.05 Å². The normalized spacial score (nSPS) is 10.5. The van der Waals surface area contributed by atoms with E-state index < -0.39 is 0 Å². The number of hydrogen-bond acceptors (Lipinski definition) is 2. The minimum absolute atomic E-state index is 0.0184. The van der Waals surface area contributed by atoms with Crippen molar-refractivity contribution in [3.63, 3.8) is 0 Å². The first-order valence-electron chi connectivity index (χ1n) is 5.71. The Morgan fingerprint density at radius 2 is 2.11 bits per heavy atom. The number of rotatable bonds is 3. The minimum Gasteiger partial charge on any atom is -0.337 e. The molecular formula is C14H13BrClNOS. The topological polar surface area (TPSA) is 20.3 Å². The molecule has 1 heterocycles. The fourth-order valence-corrected chi connectivity index (χ4v) is 3.62. The molecule has 0 aliphatic rings. The second-order valence-electron chi connectivity index (χ2n) is 4.41. The molecule has 0 saturated heterocycles. The molecule has 2 nitrogen and oxygen atoms in total. The average Bonchev–Trinajstić information content (AvgIpc) is 2.72. The summed E-state index contributed by atoms with van der Waals surface area (Å²) < 4.78 is 1.05. The van der Waals surface area contributed by atoms with Gasteiger partial charge in [0.15, 0.2) is 0 Å². The van der Waals surface area contributed by atoms with Crippen molar-refractivity contribution in [3.05, 3.63) is 55.1 Å². The van der Waals surface area contributed by atoms with E-state index >= 15 is 0 Å². The second-order valence-corrected chi connectivity index (χ2v) is 6.76. The summed E-state index contributed by atoms with van der Waals surface area (Å²) in [6.07, 6.45) is 0. The van der Waals surface area contributed by atoms with Crippen LogP contribution in [0.25, 0.3) is 0 Å². The fraction of sp³-hybridized carbons (Fsp3) is 0.214. The zero-order chi connectivity index (χ0) is 14.0. The molecule has 1 aromatic carbocycles. The van der Waals surface area contributed by atoms with Gasteiger partial charge in [0, 0.05) is 32.4 Å². The SMILES string of the molecule is Cc1cc(Cl)cc(C(=O)N(C)Cc2cc(Br)cs2)c1. The maximum Gasteiger partial charge on any atom is 0.253 e. The van der Waals surface area contributed by atoms with Gasteiger partial charge < -0.3 is 4.90 Å². The van der Waals surface area contributed by atoms with Crippen LogP contribution < -0.4 is 0 Å². The summed E-state index contributed by atoms with van der Waals surface area (Å²) in [5.74, 6) is -0.0184. The number of hydrogen-bond donors (Lipinski definition) is 0. The Labute approximate surface area is 130 Å². The molecule has 0 fully saturated rings. The number of carbonyl (C=O) groups excluding carboxylic acids is 1. The van der Waals surface area contributed by atoms with Gasteiger partial charge in [-0.1, -0.05) is 11.6 Å². The van der Waals surface area contributed by atoms with Crippen LogP contribution in [0.1, 0.15) is 20.8 Å². The third-order valence-corrected chi connectivity index (χ3v) is 4.55. The second kappa shape index (κ2) is 6.07. The maximum absolute atomic E-state index is 12.3. The summed E-state index contributed by atoms with van der Waals surface area (Å²) in [5.41, 5.74) is 1.62. The molecule has 0 atom stereocenters. The Hall–Kier alpha value is -0.840.